The number of rotatable bonds is 7. The second-order valence-electron chi connectivity index (χ2n) is 10.8. The number of carbonyl (C=O) groups excluding carboxylic acids is 3. The first-order valence-corrected chi connectivity index (χ1v) is 14.4. The van der Waals surface area contributed by atoms with Gasteiger partial charge in [0, 0.05) is 49.8 Å². The van der Waals surface area contributed by atoms with E-state index in [1.807, 2.05) is 78.9 Å². The standard InChI is InChI=1S/C32H36N4O5/c1-3-33(4-2)22-13-15-24(16-14-22)35-19-9-17-32-27(30(39)36(20-21-37)28(32)31(35)40)26-25(41-32)12-8-18-34(29(26)38)23-10-6-5-7-11-23/h5-17,25-28,37H,3-4,18-21H2,1-2H3/t25-,26+,27-,28?,32-/m0/s1. The van der Waals surface area contributed by atoms with Crippen LogP contribution >= 0.6 is 0 Å². The molecule has 1 spiro atoms. The van der Waals surface area contributed by atoms with Gasteiger partial charge in [-0.3, -0.25) is 14.4 Å². The second-order valence-corrected chi connectivity index (χ2v) is 10.8. The molecule has 2 aromatic rings. The Morgan fingerprint density at radius 1 is 0.878 bits per heavy atom. The number of para-hydroxylation sites is 1. The fourth-order valence-electron chi connectivity index (χ4n) is 6.99. The van der Waals surface area contributed by atoms with Crippen LogP contribution in [0, 0.1) is 11.8 Å². The van der Waals surface area contributed by atoms with E-state index in [1.54, 1.807) is 9.80 Å². The van der Waals surface area contributed by atoms with Crippen molar-refractivity contribution < 1.29 is 24.2 Å². The molecule has 4 aliphatic rings. The summed E-state index contributed by atoms with van der Waals surface area (Å²) in [5.74, 6) is -2.53. The maximum Gasteiger partial charge on any atom is 0.253 e. The summed E-state index contributed by atoms with van der Waals surface area (Å²) < 4.78 is 6.66. The first kappa shape index (κ1) is 27.2. The summed E-state index contributed by atoms with van der Waals surface area (Å²) in [7, 11) is 0. The van der Waals surface area contributed by atoms with Gasteiger partial charge >= 0.3 is 0 Å². The number of β-amino-alcohol motifs (C(OH)–C–C–N with tert-alkyl or cyclic N) is 1. The van der Waals surface area contributed by atoms with Crippen LogP contribution in [0.5, 0.6) is 0 Å². The molecular formula is C32H36N4O5. The number of hydrogen-bond acceptors (Lipinski definition) is 6. The molecule has 214 valence electrons. The molecule has 3 amide bonds. The molecular weight excluding hydrogens is 520 g/mol. The predicted octanol–water partition coefficient (Wildman–Crippen LogP) is 2.61. The molecule has 2 aromatic carbocycles. The van der Waals surface area contributed by atoms with Gasteiger partial charge in [0.25, 0.3) is 5.91 Å². The van der Waals surface area contributed by atoms with E-state index < -0.39 is 29.6 Å². The van der Waals surface area contributed by atoms with Crippen LogP contribution in [0.2, 0.25) is 0 Å². The Hall–Kier alpha value is -3.95. The van der Waals surface area contributed by atoms with Crippen LogP contribution < -0.4 is 14.7 Å². The predicted molar refractivity (Wildman–Crippen MR) is 157 cm³/mol. The highest BCUT2D eigenvalue weighted by Gasteiger charge is 2.71. The molecule has 41 heavy (non-hydrogen) atoms. The quantitative estimate of drug-likeness (QED) is 0.527. The highest BCUT2D eigenvalue weighted by molar-refractivity contribution is 6.07. The first-order valence-electron chi connectivity index (χ1n) is 14.4. The molecule has 4 aliphatic heterocycles. The number of anilines is 3. The third kappa shape index (κ3) is 4.26. The molecule has 4 heterocycles. The number of aliphatic hydroxyl groups excluding tert-OH is 1. The Morgan fingerprint density at radius 2 is 1.54 bits per heavy atom. The molecule has 2 saturated heterocycles. The number of nitrogens with zero attached hydrogens (tertiary/aromatic N) is 4. The summed E-state index contributed by atoms with van der Waals surface area (Å²) in [4.78, 5) is 49.6. The molecule has 0 aromatic heterocycles. The zero-order valence-electron chi connectivity index (χ0n) is 23.4. The number of hydrogen-bond donors (Lipinski definition) is 1. The van der Waals surface area contributed by atoms with Crippen LogP contribution in [-0.2, 0) is 19.1 Å². The van der Waals surface area contributed by atoms with Crippen LogP contribution in [-0.4, -0.2) is 84.8 Å². The normalized spacial score (nSPS) is 28.9. The molecule has 0 bridgehead atoms. The van der Waals surface area contributed by atoms with Gasteiger partial charge < -0.3 is 29.4 Å². The van der Waals surface area contributed by atoms with Gasteiger partial charge in [0.2, 0.25) is 11.8 Å². The largest absolute Gasteiger partial charge is 0.395 e. The number of aliphatic hydroxyl groups is 1. The molecule has 0 radical (unpaired) electrons. The van der Waals surface area contributed by atoms with Gasteiger partial charge in [0.1, 0.15) is 11.6 Å². The molecule has 0 aliphatic carbocycles. The van der Waals surface area contributed by atoms with Crippen molar-refractivity contribution in [1.29, 1.82) is 0 Å². The van der Waals surface area contributed by atoms with Gasteiger partial charge in [-0.05, 0) is 50.2 Å². The van der Waals surface area contributed by atoms with Crippen molar-refractivity contribution in [2.24, 2.45) is 11.8 Å². The highest BCUT2D eigenvalue weighted by Crippen LogP contribution is 2.53. The number of ether oxygens (including phenoxy) is 1. The lowest BCUT2D eigenvalue weighted by Crippen LogP contribution is -2.55. The number of likely N-dealkylation sites (tertiary alicyclic amines) is 1. The zero-order chi connectivity index (χ0) is 28.7. The second kappa shape index (κ2) is 10.8. The van der Waals surface area contributed by atoms with Crippen molar-refractivity contribution >= 4 is 34.8 Å². The van der Waals surface area contributed by atoms with Gasteiger partial charge in [-0.15, -0.1) is 0 Å². The summed E-state index contributed by atoms with van der Waals surface area (Å²) in [6.07, 6.45) is 6.79. The summed E-state index contributed by atoms with van der Waals surface area (Å²) in [5.41, 5.74) is 1.20. The summed E-state index contributed by atoms with van der Waals surface area (Å²) in [6.45, 7) is 6.28. The van der Waals surface area contributed by atoms with Gasteiger partial charge in [0.05, 0.1) is 24.5 Å². The van der Waals surface area contributed by atoms with Crippen molar-refractivity contribution in [3.05, 3.63) is 78.9 Å². The Morgan fingerprint density at radius 3 is 2.22 bits per heavy atom. The summed E-state index contributed by atoms with van der Waals surface area (Å²) in [5, 5.41) is 9.92. The summed E-state index contributed by atoms with van der Waals surface area (Å²) in [6, 6.07) is 16.2. The zero-order valence-corrected chi connectivity index (χ0v) is 23.4. The van der Waals surface area contributed by atoms with Crippen molar-refractivity contribution in [3.8, 4) is 0 Å². The molecule has 5 atom stereocenters. The number of amides is 3. The molecule has 1 N–H and O–H groups in total. The average molecular weight is 557 g/mol. The van der Waals surface area contributed by atoms with Gasteiger partial charge in [-0.2, -0.15) is 0 Å². The van der Waals surface area contributed by atoms with Crippen LogP contribution in [0.1, 0.15) is 13.8 Å². The van der Waals surface area contributed by atoms with E-state index >= 15 is 0 Å². The van der Waals surface area contributed by atoms with E-state index in [0.717, 1.165) is 24.5 Å². The fourth-order valence-corrected chi connectivity index (χ4v) is 6.99. The van der Waals surface area contributed by atoms with Crippen LogP contribution in [0.3, 0.4) is 0 Å². The topological polar surface area (TPSA) is 93.6 Å². The van der Waals surface area contributed by atoms with Crippen LogP contribution in [0.4, 0.5) is 17.1 Å². The Labute approximate surface area is 240 Å². The van der Waals surface area contributed by atoms with Crippen molar-refractivity contribution in [2.45, 2.75) is 31.6 Å². The smallest absolute Gasteiger partial charge is 0.253 e. The van der Waals surface area contributed by atoms with E-state index in [4.69, 9.17) is 4.74 Å². The van der Waals surface area contributed by atoms with Gasteiger partial charge in [0.15, 0.2) is 0 Å². The molecule has 6 rings (SSSR count). The maximum absolute atomic E-state index is 14.4. The number of carbonyl (C=O) groups is 3. The molecule has 9 nitrogen and oxygen atoms in total. The molecule has 2 fully saturated rings. The van der Waals surface area contributed by atoms with Crippen LogP contribution in [0.15, 0.2) is 78.9 Å². The minimum Gasteiger partial charge on any atom is -0.395 e. The van der Waals surface area contributed by atoms with E-state index in [1.165, 1.54) is 4.90 Å². The van der Waals surface area contributed by atoms with E-state index in [-0.39, 0.29) is 30.9 Å². The molecule has 9 heteroatoms. The Balaban J connectivity index is 1.38. The van der Waals surface area contributed by atoms with Crippen molar-refractivity contribution in [1.82, 2.24) is 4.90 Å². The third-order valence-corrected chi connectivity index (χ3v) is 8.86. The lowest BCUT2D eigenvalue weighted by molar-refractivity contribution is -0.141. The van der Waals surface area contributed by atoms with E-state index in [9.17, 15) is 19.5 Å². The molecule has 1 unspecified atom stereocenters. The van der Waals surface area contributed by atoms with E-state index in [0.29, 0.717) is 18.8 Å². The summed E-state index contributed by atoms with van der Waals surface area (Å²) >= 11 is 0. The Kier molecular flexibility index (Phi) is 7.17. The monoisotopic (exact) mass is 556 g/mol. The van der Waals surface area contributed by atoms with Crippen molar-refractivity contribution in [2.75, 3.05) is 54.0 Å². The number of benzene rings is 2. The minimum absolute atomic E-state index is 0.0246. The van der Waals surface area contributed by atoms with Gasteiger partial charge in [-0.25, -0.2) is 0 Å². The fraction of sp³-hybridized carbons (Fsp3) is 0.406. The third-order valence-electron chi connectivity index (χ3n) is 8.86. The number of fused-ring (bicyclic) bond motifs is 2. The lowest BCUT2D eigenvalue weighted by atomic mass is 9.77. The molecule has 0 saturated carbocycles. The van der Waals surface area contributed by atoms with Crippen LogP contribution in [0.25, 0.3) is 0 Å². The SMILES string of the molecule is CCN(CC)c1ccc(N2CC=C[C@]34O[C@H]5C=CCN(c6ccccc6)C(=O)[C@H]5[C@H]3C(=O)N(CCO)C4C2=O)cc1. The highest BCUT2D eigenvalue weighted by atomic mass is 16.5. The lowest BCUT2D eigenvalue weighted by Gasteiger charge is -2.35. The van der Waals surface area contributed by atoms with Crippen molar-refractivity contribution in [3.63, 3.8) is 0 Å². The Bertz CT molecular complexity index is 1370. The first-order chi connectivity index (χ1) is 19.9. The van der Waals surface area contributed by atoms with E-state index in [2.05, 4.69) is 18.7 Å². The minimum atomic E-state index is -1.33. The average Bonchev–Trinajstić information content (AvgIpc) is 3.29. The van der Waals surface area contributed by atoms with Gasteiger partial charge in [-0.1, -0.05) is 42.5 Å². The maximum atomic E-state index is 14.4.